The summed E-state index contributed by atoms with van der Waals surface area (Å²) in [7, 11) is -3.94. The third kappa shape index (κ3) is 3.45. The first-order valence-corrected chi connectivity index (χ1v) is 8.82. The number of sulfonamides is 1. The van der Waals surface area contributed by atoms with Gasteiger partial charge in [0.25, 0.3) is 0 Å². The molecule has 0 unspecified atom stereocenters. The van der Waals surface area contributed by atoms with Gasteiger partial charge in [0.1, 0.15) is 5.76 Å². The van der Waals surface area contributed by atoms with E-state index >= 15 is 0 Å². The van der Waals surface area contributed by atoms with E-state index in [1.807, 2.05) is 0 Å². The van der Waals surface area contributed by atoms with E-state index < -0.39 is 21.5 Å². The maximum Gasteiger partial charge on any atom is 0.337 e. The Morgan fingerprint density at radius 1 is 1.33 bits per heavy atom. The van der Waals surface area contributed by atoms with Crippen LogP contribution >= 0.6 is 11.6 Å². The van der Waals surface area contributed by atoms with Crippen LogP contribution in [0.1, 0.15) is 41.2 Å². The molecule has 0 bridgehead atoms. The first kappa shape index (κ1) is 18.4. The Morgan fingerprint density at radius 3 is 2.42 bits per heavy atom. The topological polar surface area (TPSA) is 110 Å². The summed E-state index contributed by atoms with van der Waals surface area (Å²) in [4.78, 5) is 10.8. The molecule has 1 heterocycles. The van der Waals surface area contributed by atoms with Crippen LogP contribution in [0.5, 0.6) is 0 Å². The van der Waals surface area contributed by atoms with E-state index in [4.69, 9.17) is 21.2 Å². The molecule has 0 radical (unpaired) electrons. The summed E-state index contributed by atoms with van der Waals surface area (Å²) < 4.78 is 32.9. The molecule has 0 saturated carbocycles. The molecule has 0 aliphatic rings. The lowest BCUT2D eigenvalue weighted by molar-refractivity contribution is 0.0697. The lowest BCUT2D eigenvalue weighted by Crippen LogP contribution is -2.41. The highest BCUT2D eigenvalue weighted by Crippen LogP contribution is 2.29. The zero-order valence-electron chi connectivity index (χ0n) is 13.5. The van der Waals surface area contributed by atoms with Crippen molar-refractivity contribution in [2.75, 3.05) is 0 Å². The second-order valence-corrected chi connectivity index (χ2v) is 7.97. The van der Waals surface area contributed by atoms with Crippen LogP contribution in [0.3, 0.4) is 0 Å². The van der Waals surface area contributed by atoms with Crippen molar-refractivity contribution in [2.45, 2.75) is 38.1 Å². The third-order valence-electron chi connectivity index (χ3n) is 3.53. The average molecular weight is 373 g/mol. The van der Waals surface area contributed by atoms with Gasteiger partial charge >= 0.3 is 5.97 Å². The first-order valence-electron chi connectivity index (χ1n) is 6.96. The summed E-state index contributed by atoms with van der Waals surface area (Å²) >= 11 is 5.85. The zero-order chi connectivity index (χ0) is 18.3. The quantitative estimate of drug-likeness (QED) is 0.835. The van der Waals surface area contributed by atoms with Gasteiger partial charge in [-0.1, -0.05) is 16.8 Å². The molecule has 1 aromatic heterocycles. The van der Waals surface area contributed by atoms with Gasteiger partial charge in [-0.2, -0.15) is 0 Å². The Bertz CT molecular complexity index is 883. The van der Waals surface area contributed by atoms with Crippen LogP contribution in [-0.4, -0.2) is 24.7 Å². The zero-order valence-corrected chi connectivity index (χ0v) is 15.1. The summed E-state index contributed by atoms with van der Waals surface area (Å²) in [6.07, 6.45) is 0. The standard InChI is InChI=1S/C15H17ClN2O5S/c1-8-13(9(2)23-17-8)15(3,4)18-24(21,22)10-5-6-11(14(19)20)12(16)7-10/h5-7,18H,1-4H3,(H,19,20). The van der Waals surface area contributed by atoms with E-state index in [-0.39, 0.29) is 15.5 Å². The first-order chi connectivity index (χ1) is 11.0. The number of nitrogens with one attached hydrogen (secondary N) is 1. The van der Waals surface area contributed by atoms with Crippen molar-refractivity contribution in [3.63, 3.8) is 0 Å². The minimum atomic E-state index is -3.94. The van der Waals surface area contributed by atoms with Gasteiger partial charge in [-0.05, 0) is 45.9 Å². The molecule has 0 spiro atoms. The van der Waals surface area contributed by atoms with Crippen molar-refractivity contribution in [3.8, 4) is 0 Å². The monoisotopic (exact) mass is 372 g/mol. The molecular weight excluding hydrogens is 356 g/mol. The van der Waals surface area contributed by atoms with Crippen LogP contribution < -0.4 is 4.72 Å². The Hall–Kier alpha value is -1.90. The summed E-state index contributed by atoms with van der Waals surface area (Å²) in [5, 5.41) is 12.6. The Labute approximate surface area is 144 Å². The summed E-state index contributed by atoms with van der Waals surface area (Å²) in [5.41, 5.74) is 0.0738. The van der Waals surface area contributed by atoms with Gasteiger partial charge in [0, 0.05) is 5.56 Å². The lowest BCUT2D eigenvalue weighted by Gasteiger charge is -2.26. The van der Waals surface area contributed by atoms with Gasteiger partial charge < -0.3 is 9.63 Å². The number of benzene rings is 1. The van der Waals surface area contributed by atoms with Crippen molar-refractivity contribution in [1.82, 2.24) is 9.88 Å². The summed E-state index contributed by atoms with van der Waals surface area (Å²) in [6, 6.07) is 3.46. The van der Waals surface area contributed by atoms with Crippen molar-refractivity contribution in [2.24, 2.45) is 0 Å². The highest BCUT2D eigenvalue weighted by atomic mass is 35.5. The largest absolute Gasteiger partial charge is 0.478 e. The number of hydrogen-bond donors (Lipinski definition) is 2. The fourth-order valence-corrected chi connectivity index (χ4v) is 4.40. The smallest absolute Gasteiger partial charge is 0.337 e. The van der Waals surface area contributed by atoms with E-state index in [1.54, 1.807) is 27.7 Å². The predicted octanol–water partition coefficient (Wildman–Crippen LogP) is 2.86. The van der Waals surface area contributed by atoms with Gasteiger partial charge in [-0.15, -0.1) is 0 Å². The number of nitrogens with zero attached hydrogens (tertiary/aromatic N) is 1. The van der Waals surface area contributed by atoms with Gasteiger partial charge in [-0.3, -0.25) is 0 Å². The number of rotatable bonds is 5. The van der Waals surface area contributed by atoms with Crippen LogP contribution in [0.2, 0.25) is 5.02 Å². The van der Waals surface area contributed by atoms with Gasteiger partial charge in [0.15, 0.2) is 0 Å². The van der Waals surface area contributed by atoms with E-state index in [1.165, 1.54) is 6.07 Å². The molecule has 1 aromatic carbocycles. The average Bonchev–Trinajstić information content (AvgIpc) is 2.77. The maximum atomic E-state index is 12.6. The summed E-state index contributed by atoms with van der Waals surface area (Å²) in [6.45, 7) is 6.79. The molecule has 0 amide bonds. The number of aryl methyl sites for hydroxylation is 2. The minimum Gasteiger partial charge on any atom is -0.478 e. The molecule has 0 aliphatic heterocycles. The van der Waals surface area contributed by atoms with Gasteiger partial charge in [0.05, 0.1) is 26.7 Å². The van der Waals surface area contributed by atoms with Crippen molar-refractivity contribution in [3.05, 3.63) is 45.8 Å². The molecule has 2 N–H and O–H groups in total. The van der Waals surface area contributed by atoms with Crippen molar-refractivity contribution in [1.29, 1.82) is 0 Å². The van der Waals surface area contributed by atoms with E-state index in [0.717, 1.165) is 12.1 Å². The van der Waals surface area contributed by atoms with Crippen LogP contribution in [0.25, 0.3) is 0 Å². The maximum absolute atomic E-state index is 12.6. The number of halogens is 1. The normalized spacial score (nSPS) is 12.4. The molecule has 2 aromatic rings. The number of aromatic nitrogens is 1. The molecule has 0 aliphatic carbocycles. The fourth-order valence-electron chi connectivity index (χ4n) is 2.66. The second-order valence-electron chi connectivity index (χ2n) is 5.88. The van der Waals surface area contributed by atoms with E-state index in [0.29, 0.717) is 17.0 Å². The molecule has 130 valence electrons. The highest BCUT2D eigenvalue weighted by molar-refractivity contribution is 7.89. The lowest BCUT2D eigenvalue weighted by atomic mass is 9.94. The second kappa shape index (κ2) is 6.19. The van der Waals surface area contributed by atoms with Gasteiger partial charge in [0.2, 0.25) is 10.0 Å². The highest BCUT2D eigenvalue weighted by Gasteiger charge is 2.33. The van der Waals surface area contributed by atoms with Gasteiger partial charge in [-0.25, -0.2) is 17.9 Å². The number of carbonyl (C=O) groups is 1. The third-order valence-corrected chi connectivity index (χ3v) is 5.50. The molecule has 0 saturated heterocycles. The SMILES string of the molecule is Cc1noc(C)c1C(C)(C)NS(=O)(=O)c1ccc(C(=O)O)c(Cl)c1. The van der Waals surface area contributed by atoms with E-state index in [2.05, 4.69) is 9.88 Å². The van der Waals surface area contributed by atoms with E-state index in [9.17, 15) is 13.2 Å². The molecular formula is C15H17ClN2O5S. The van der Waals surface area contributed by atoms with Crippen LogP contribution in [0.4, 0.5) is 0 Å². The molecule has 9 heteroatoms. The molecule has 2 rings (SSSR count). The van der Waals surface area contributed by atoms with Crippen LogP contribution in [0, 0.1) is 13.8 Å². The van der Waals surface area contributed by atoms with Crippen molar-refractivity contribution >= 4 is 27.6 Å². The van der Waals surface area contributed by atoms with Crippen molar-refractivity contribution < 1.29 is 22.8 Å². The Morgan fingerprint density at radius 2 is 1.96 bits per heavy atom. The fraction of sp³-hybridized carbons (Fsp3) is 0.333. The molecule has 7 nitrogen and oxygen atoms in total. The Balaban J connectivity index is 2.41. The minimum absolute atomic E-state index is 0.127. The molecule has 0 fully saturated rings. The predicted molar refractivity (Wildman–Crippen MR) is 87.7 cm³/mol. The van der Waals surface area contributed by atoms with Crippen LogP contribution in [0.15, 0.2) is 27.6 Å². The number of carboxylic acids is 1. The molecule has 24 heavy (non-hydrogen) atoms. The number of carboxylic acid groups (broad SMARTS) is 1. The number of hydrogen-bond acceptors (Lipinski definition) is 5. The number of aromatic carboxylic acids is 1. The summed E-state index contributed by atoms with van der Waals surface area (Å²) in [5.74, 6) is -0.715. The van der Waals surface area contributed by atoms with Crippen LogP contribution in [-0.2, 0) is 15.6 Å². The molecule has 0 atom stereocenters. The Kier molecular flexibility index (Phi) is 4.76.